The number of ether oxygens (including phenoxy) is 1. The number of halogens is 5. The van der Waals surface area contributed by atoms with Crippen LogP contribution in [0.4, 0.5) is 27.8 Å². The zero-order chi connectivity index (χ0) is 22.6. The molecule has 1 unspecified atom stereocenters. The normalized spacial score (nSPS) is 15.3. The molecular weight excluding hydrogens is 423 g/mol. The van der Waals surface area contributed by atoms with Crippen LogP contribution in [0, 0.1) is 5.92 Å². The highest BCUT2D eigenvalue weighted by Crippen LogP contribution is 2.35. The maximum atomic E-state index is 12.9. The minimum absolute atomic E-state index is 0.0999. The number of carbonyl (C=O) groups excluding carboxylic acids is 1. The predicted molar refractivity (Wildman–Crippen MR) is 102 cm³/mol. The van der Waals surface area contributed by atoms with E-state index in [1.54, 1.807) is 19.2 Å². The maximum absolute atomic E-state index is 12.9. The van der Waals surface area contributed by atoms with E-state index < -0.39 is 30.5 Å². The third-order valence-electron chi connectivity index (χ3n) is 4.71. The van der Waals surface area contributed by atoms with Crippen LogP contribution in [0.25, 0.3) is 0 Å². The van der Waals surface area contributed by atoms with E-state index in [4.69, 9.17) is 0 Å². The lowest BCUT2D eigenvalue weighted by Crippen LogP contribution is -2.41. The van der Waals surface area contributed by atoms with Crippen molar-refractivity contribution in [3.8, 4) is 5.88 Å². The Morgan fingerprint density at radius 2 is 1.94 bits per heavy atom. The van der Waals surface area contributed by atoms with Gasteiger partial charge in [0.15, 0.2) is 6.61 Å². The monoisotopic (exact) mass is 444 g/mol. The molecule has 1 aliphatic rings. The average Bonchev–Trinajstić information content (AvgIpc) is 3.55. The van der Waals surface area contributed by atoms with Crippen LogP contribution < -0.4 is 15.4 Å². The second-order valence-corrected chi connectivity index (χ2v) is 7.37. The summed E-state index contributed by atoms with van der Waals surface area (Å²) in [5, 5.41) is 6.02. The number of hydrogen-bond acceptors (Lipinski definition) is 5. The standard InChI is InChI=1S/C20H21F5N4O2/c1-12(14-6-7-26-16(8-14)27-9-13-2-3-13)29-18(30)15-4-5-17(28-10-15)31-11-19(21,22)20(23,24)25/h4-8,10,12-13H,2-3,9,11H2,1H3,(H,26,27)(H,29,30). The van der Waals surface area contributed by atoms with Crippen molar-refractivity contribution in [2.45, 2.75) is 37.9 Å². The molecule has 0 bridgehead atoms. The summed E-state index contributed by atoms with van der Waals surface area (Å²) in [6.45, 7) is 0.736. The third-order valence-corrected chi connectivity index (χ3v) is 4.71. The largest absolute Gasteiger partial charge is 0.471 e. The Labute approximate surface area is 175 Å². The minimum Gasteiger partial charge on any atom is -0.471 e. The topological polar surface area (TPSA) is 76.1 Å². The van der Waals surface area contributed by atoms with Gasteiger partial charge >= 0.3 is 12.1 Å². The molecule has 2 N–H and O–H groups in total. The molecule has 1 fully saturated rings. The number of nitrogens with zero attached hydrogens (tertiary/aromatic N) is 2. The molecule has 1 aliphatic carbocycles. The molecule has 0 saturated heterocycles. The van der Waals surface area contributed by atoms with Crippen molar-refractivity contribution in [1.82, 2.24) is 15.3 Å². The highest BCUT2D eigenvalue weighted by Gasteiger charge is 2.58. The zero-order valence-corrected chi connectivity index (χ0v) is 16.5. The lowest BCUT2D eigenvalue weighted by atomic mass is 10.1. The van der Waals surface area contributed by atoms with Gasteiger partial charge in [0.25, 0.3) is 5.91 Å². The number of nitrogens with one attached hydrogen (secondary N) is 2. The second kappa shape index (κ2) is 9.03. The highest BCUT2D eigenvalue weighted by molar-refractivity contribution is 5.94. The molecule has 3 rings (SSSR count). The minimum atomic E-state index is -5.72. The van der Waals surface area contributed by atoms with Gasteiger partial charge in [-0.2, -0.15) is 22.0 Å². The molecule has 31 heavy (non-hydrogen) atoms. The molecule has 2 heterocycles. The maximum Gasteiger partial charge on any atom is 0.456 e. The summed E-state index contributed by atoms with van der Waals surface area (Å²) in [6, 6.07) is 5.52. The Balaban J connectivity index is 1.54. The Morgan fingerprint density at radius 3 is 2.55 bits per heavy atom. The first-order valence-electron chi connectivity index (χ1n) is 9.59. The Kier molecular flexibility index (Phi) is 6.61. The molecule has 0 aromatic carbocycles. The van der Waals surface area contributed by atoms with Gasteiger partial charge in [-0.25, -0.2) is 9.97 Å². The van der Waals surface area contributed by atoms with Gasteiger partial charge < -0.3 is 15.4 Å². The summed E-state index contributed by atoms with van der Waals surface area (Å²) in [7, 11) is 0. The van der Waals surface area contributed by atoms with E-state index in [9.17, 15) is 26.7 Å². The Morgan fingerprint density at radius 1 is 1.19 bits per heavy atom. The quantitative estimate of drug-likeness (QED) is 0.562. The van der Waals surface area contributed by atoms with Crippen molar-refractivity contribution >= 4 is 11.7 Å². The Bertz CT molecular complexity index is 901. The Hall–Kier alpha value is -2.98. The van der Waals surface area contributed by atoms with E-state index in [0.29, 0.717) is 11.7 Å². The zero-order valence-electron chi connectivity index (χ0n) is 16.5. The van der Waals surface area contributed by atoms with Crippen molar-refractivity contribution < 1.29 is 31.5 Å². The fourth-order valence-corrected chi connectivity index (χ4v) is 2.59. The molecule has 1 saturated carbocycles. The molecule has 0 aliphatic heterocycles. The summed E-state index contributed by atoms with van der Waals surface area (Å²) in [5.41, 5.74) is 0.923. The number of anilines is 1. The molecule has 168 valence electrons. The lowest BCUT2D eigenvalue weighted by Gasteiger charge is -2.19. The fraction of sp³-hybridized carbons (Fsp3) is 0.450. The highest BCUT2D eigenvalue weighted by atomic mass is 19.4. The first-order chi connectivity index (χ1) is 14.5. The molecule has 1 amide bonds. The van der Waals surface area contributed by atoms with E-state index in [2.05, 4.69) is 25.3 Å². The van der Waals surface area contributed by atoms with Crippen molar-refractivity contribution in [2.24, 2.45) is 5.92 Å². The van der Waals surface area contributed by atoms with Crippen LogP contribution >= 0.6 is 0 Å². The first kappa shape index (κ1) is 22.7. The number of amides is 1. The number of aromatic nitrogens is 2. The molecule has 11 heteroatoms. The lowest BCUT2D eigenvalue weighted by molar-refractivity contribution is -0.290. The molecule has 2 aromatic rings. The van der Waals surface area contributed by atoms with Crippen molar-refractivity contribution in [3.05, 3.63) is 47.8 Å². The van der Waals surface area contributed by atoms with Crippen molar-refractivity contribution in [2.75, 3.05) is 18.5 Å². The number of pyridine rings is 2. The van der Waals surface area contributed by atoms with Gasteiger partial charge in [0.1, 0.15) is 5.82 Å². The number of carbonyl (C=O) groups is 1. The van der Waals surface area contributed by atoms with Crippen molar-refractivity contribution in [1.29, 1.82) is 0 Å². The molecule has 0 radical (unpaired) electrons. The fourth-order valence-electron chi connectivity index (χ4n) is 2.59. The van der Waals surface area contributed by atoms with Gasteiger partial charge in [0.2, 0.25) is 5.88 Å². The molecule has 6 nitrogen and oxygen atoms in total. The number of alkyl halides is 5. The number of hydrogen-bond donors (Lipinski definition) is 2. The molecule has 0 spiro atoms. The van der Waals surface area contributed by atoms with Gasteiger partial charge in [0, 0.05) is 25.0 Å². The summed E-state index contributed by atoms with van der Waals surface area (Å²) in [5.74, 6) is -4.55. The van der Waals surface area contributed by atoms with Crippen LogP contribution in [0.1, 0.15) is 41.7 Å². The average molecular weight is 444 g/mol. The van der Waals surface area contributed by atoms with Crippen LogP contribution in [-0.2, 0) is 0 Å². The van der Waals surface area contributed by atoms with Crippen LogP contribution in [0.15, 0.2) is 36.7 Å². The molecule has 2 aromatic heterocycles. The van der Waals surface area contributed by atoms with E-state index in [0.717, 1.165) is 24.4 Å². The van der Waals surface area contributed by atoms with Crippen LogP contribution in [-0.4, -0.2) is 41.1 Å². The smallest absolute Gasteiger partial charge is 0.456 e. The summed E-state index contributed by atoms with van der Waals surface area (Å²) in [4.78, 5) is 20.3. The summed E-state index contributed by atoms with van der Waals surface area (Å²) >= 11 is 0. The molecule has 1 atom stereocenters. The first-order valence-corrected chi connectivity index (χ1v) is 9.59. The SMILES string of the molecule is CC(NC(=O)c1ccc(OCC(F)(F)C(F)(F)F)nc1)c1ccnc(NCC2CC2)c1. The molecular formula is C20H21F5N4O2. The summed E-state index contributed by atoms with van der Waals surface area (Å²) < 4.78 is 66.7. The summed E-state index contributed by atoms with van der Waals surface area (Å²) in [6.07, 6.45) is -0.622. The van der Waals surface area contributed by atoms with Gasteiger partial charge in [0.05, 0.1) is 11.6 Å². The van der Waals surface area contributed by atoms with E-state index in [-0.39, 0.29) is 11.6 Å². The van der Waals surface area contributed by atoms with Crippen LogP contribution in [0.2, 0.25) is 0 Å². The van der Waals surface area contributed by atoms with E-state index in [1.165, 1.54) is 18.9 Å². The number of rotatable bonds is 9. The predicted octanol–water partition coefficient (Wildman–Crippen LogP) is 4.37. The van der Waals surface area contributed by atoms with Gasteiger partial charge in [-0.1, -0.05) is 0 Å². The second-order valence-electron chi connectivity index (χ2n) is 7.37. The van der Waals surface area contributed by atoms with Crippen molar-refractivity contribution in [3.63, 3.8) is 0 Å². The van der Waals surface area contributed by atoms with Gasteiger partial charge in [-0.05, 0) is 49.4 Å². The van der Waals surface area contributed by atoms with E-state index >= 15 is 0 Å². The van der Waals surface area contributed by atoms with Gasteiger partial charge in [-0.3, -0.25) is 4.79 Å². The van der Waals surface area contributed by atoms with E-state index in [1.807, 2.05) is 6.07 Å². The van der Waals surface area contributed by atoms with Crippen LogP contribution in [0.3, 0.4) is 0 Å². The van der Waals surface area contributed by atoms with Crippen LogP contribution in [0.5, 0.6) is 5.88 Å². The van der Waals surface area contributed by atoms with Gasteiger partial charge in [-0.15, -0.1) is 0 Å². The third kappa shape index (κ3) is 6.25.